The number of benzene rings is 2. The molecule has 0 radical (unpaired) electrons. The predicted octanol–water partition coefficient (Wildman–Crippen LogP) is 4.47. The number of likely N-dealkylation sites (tertiary alicyclic amines) is 1. The van der Waals surface area contributed by atoms with Crippen LogP contribution in [0.4, 0.5) is 0 Å². The summed E-state index contributed by atoms with van der Waals surface area (Å²) in [5.74, 6) is 2.00. The number of amides is 1. The maximum Gasteiger partial charge on any atom is 0.287 e. The van der Waals surface area contributed by atoms with E-state index in [9.17, 15) is 4.79 Å². The minimum atomic E-state index is -0.137. The van der Waals surface area contributed by atoms with Crippen LogP contribution in [0, 0.1) is 0 Å². The van der Waals surface area contributed by atoms with E-state index in [0.29, 0.717) is 18.9 Å². The molecule has 0 unspecified atom stereocenters. The van der Waals surface area contributed by atoms with Crippen molar-refractivity contribution in [3.05, 3.63) is 71.5 Å². The summed E-state index contributed by atoms with van der Waals surface area (Å²) >= 11 is 1.69. The Hall–Kier alpha value is -2.44. The summed E-state index contributed by atoms with van der Waals surface area (Å²) in [7, 11) is 1.68. The van der Waals surface area contributed by atoms with E-state index in [-0.39, 0.29) is 11.9 Å². The zero-order valence-electron chi connectivity index (χ0n) is 18.0. The summed E-state index contributed by atoms with van der Waals surface area (Å²) in [6.07, 6.45) is 3.67. The lowest BCUT2D eigenvalue weighted by atomic mass is 10.0. The van der Waals surface area contributed by atoms with Crippen molar-refractivity contribution < 1.29 is 14.3 Å². The largest absolute Gasteiger partial charge is 0.497 e. The second-order valence-corrected chi connectivity index (χ2v) is 8.92. The monoisotopic (exact) mass is 438 g/mol. The van der Waals surface area contributed by atoms with Crippen LogP contribution in [0.5, 0.6) is 5.75 Å². The summed E-state index contributed by atoms with van der Waals surface area (Å²) < 4.78 is 11.2. The Bertz CT molecular complexity index is 893. The molecule has 0 aliphatic carbocycles. The maximum atomic E-state index is 13.2. The minimum Gasteiger partial charge on any atom is -0.497 e. The average molecular weight is 439 g/mol. The summed E-state index contributed by atoms with van der Waals surface area (Å²) in [4.78, 5) is 16.6. The zero-order chi connectivity index (χ0) is 21.5. The number of hydrogen-bond acceptors (Lipinski definition) is 5. The van der Waals surface area contributed by atoms with Crippen molar-refractivity contribution in [3.63, 3.8) is 0 Å². The van der Waals surface area contributed by atoms with E-state index in [2.05, 4.69) is 22.3 Å². The van der Waals surface area contributed by atoms with Crippen LogP contribution in [-0.2, 0) is 9.53 Å². The van der Waals surface area contributed by atoms with Gasteiger partial charge in [0.25, 0.3) is 5.91 Å². The number of thioether (sulfide) groups is 1. The smallest absolute Gasteiger partial charge is 0.287 e. The van der Waals surface area contributed by atoms with Gasteiger partial charge in [0.05, 0.1) is 24.7 Å². The molecule has 0 aromatic heterocycles. The van der Waals surface area contributed by atoms with Crippen LogP contribution in [0.1, 0.15) is 36.4 Å². The molecule has 0 bridgehead atoms. The molecule has 4 rings (SSSR count). The molecule has 2 aromatic carbocycles. The van der Waals surface area contributed by atoms with Crippen LogP contribution in [0.25, 0.3) is 4.91 Å². The van der Waals surface area contributed by atoms with E-state index < -0.39 is 0 Å². The molecule has 31 heavy (non-hydrogen) atoms. The molecular formula is C25H30N2O3S. The van der Waals surface area contributed by atoms with Gasteiger partial charge in [-0.25, -0.2) is 0 Å². The van der Waals surface area contributed by atoms with Gasteiger partial charge in [0.15, 0.2) is 5.76 Å². The van der Waals surface area contributed by atoms with Gasteiger partial charge in [-0.3, -0.25) is 9.69 Å². The fraction of sp³-hybridized carbons (Fsp3) is 0.400. The second-order valence-electron chi connectivity index (χ2n) is 7.82. The Morgan fingerprint density at radius 2 is 1.84 bits per heavy atom. The van der Waals surface area contributed by atoms with Gasteiger partial charge in [0.2, 0.25) is 0 Å². The lowest BCUT2D eigenvalue weighted by Gasteiger charge is -2.35. The Labute approximate surface area is 188 Å². The third-order valence-electron chi connectivity index (χ3n) is 5.81. The quantitative estimate of drug-likeness (QED) is 0.691. The van der Waals surface area contributed by atoms with Gasteiger partial charge >= 0.3 is 0 Å². The number of nitrogens with zero attached hydrogens (tertiary/aromatic N) is 1. The molecule has 2 heterocycles. The van der Waals surface area contributed by atoms with Crippen molar-refractivity contribution in [1.29, 1.82) is 0 Å². The van der Waals surface area contributed by atoms with Gasteiger partial charge in [0, 0.05) is 12.3 Å². The van der Waals surface area contributed by atoms with E-state index in [1.807, 2.05) is 42.5 Å². The normalized spacial score (nSPS) is 18.2. The highest BCUT2D eigenvalue weighted by molar-refractivity contribution is 8.08. The molecule has 164 valence electrons. The molecule has 0 spiro atoms. The van der Waals surface area contributed by atoms with Crippen LogP contribution in [0.3, 0.4) is 0 Å². The molecular weight excluding hydrogens is 408 g/mol. The molecule has 6 heteroatoms. The Morgan fingerprint density at radius 3 is 2.55 bits per heavy atom. The molecule has 1 fully saturated rings. The summed E-state index contributed by atoms with van der Waals surface area (Å²) in [6.45, 7) is 3.20. The maximum absolute atomic E-state index is 13.2. The van der Waals surface area contributed by atoms with Crippen molar-refractivity contribution in [2.45, 2.75) is 25.3 Å². The van der Waals surface area contributed by atoms with E-state index in [1.165, 1.54) is 24.8 Å². The van der Waals surface area contributed by atoms with Crippen molar-refractivity contribution in [2.24, 2.45) is 0 Å². The van der Waals surface area contributed by atoms with Gasteiger partial charge < -0.3 is 14.8 Å². The molecule has 2 aliphatic rings. The second kappa shape index (κ2) is 10.7. The number of piperidine rings is 1. The summed E-state index contributed by atoms with van der Waals surface area (Å²) in [6, 6.07) is 18.3. The lowest BCUT2D eigenvalue weighted by Crippen LogP contribution is -2.41. The average Bonchev–Trinajstić information content (AvgIpc) is 2.85. The number of carbonyl (C=O) groups is 1. The highest BCUT2D eigenvalue weighted by Crippen LogP contribution is 2.35. The van der Waals surface area contributed by atoms with Crippen LogP contribution in [-0.4, -0.2) is 49.9 Å². The van der Waals surface area contributed by atoms with Gasteiger partial charge in [-0.1, -0.05) is 48.9 Å². The van der Waals surface area contributed by atoms with Crippen molar-refractivity contribution in [1.82, 2.24) is 10.2 Å². The highest BCUT2D eigenvalue weighted by atomic mass is 32.2. The Balaban J connectivity index is 1.52. The van der Waals surface area contributed by atoms with Crippen LogP contribution in [0.15, 0.2) is 60.4 Å². The van der Waals surface area contributed by atoms with Gasteiger partial charge in [-0.2, -0.15) is 0 Å². The third-order valence-corrected chi connectivity index (χ3v) is 6.89. The van der Waals surface area contributed by atoms with Gasteiger partial charge in [-0.15, -0.1) is 11.8 Å². The molecule has 1 saturated heterocycles. The van der Waals surface area contributed by atoms with Crippen LogP contribution >= 0.6 is 11.8 Å². The highest BCUT2D eigenvalue weighted by Gasteiger charge is 2.26. The van der Waals surface area contributed by atoms with Gasteiger partial charge in [0.1, 0.15) is 5.75 Å². The molecule has 1 atom stereocenters. The first kappa shape index (κ1) is 21.8. The third kappa shape index (κ3) is 5.43. The van der Waals surface area contributed by atoms with E-state index in [4.69, 9.17) is 9.47 Å². The molecule has 0 saturated carbocycles. The first-order chi connectivity index (χ1) is 15.3. The molecule has 2 aromatic rings. The first-order valence-electron chi connectivity index (χ1n) is 11.0. The molecule has 5 nitrogen and oxygen atoms in total. The lowest BCUT2D eigenvalue weighted by molar-refractivity contribution is -0.121. The van der Waals surface area contributed by atoms with Gasteiger partial charge in [-0.05, 0) is 49.2 Å². The number of hydrogen-bond donors (Lipinski definition) is 1. The zero-order valence-corrected chi connectivity index (χ0v) is 18.8. The number of rotatable bonds is 7. The van der Waals surface area contributed by atoms with Crippen molar-refractivity contribution in [3.8, 4) is 5.75 Å². The Kier molecular flexibility index (Phi) is 7.54. The van der Waals surface area contributed by atoms with E-state index in [1.54, 1.807) is 18.9 Å². The van der Waals surface area contributed by atoms with E-state index >= 15 is 0 Å². The van der Waals surface area contributed by atoms with Crippen molar-refractivity contribution in [2.75, 3.05) is 39.1 Å². The molecule has 1 amide bonds. The number of carbonyl (C=O) groups excluding carboxylic acids is 1. The predicted molar refractivity (Wildman–Crippen MR) is 126 cm³/mol. The fourth-order valence-corrected chi connectivity index (χ4v) is 5.13. The SMILES string of the molecule is COc1ccc([C@@H](CNC(=O)C2=C(c3ccccc3)SCCO2)N2CCCCC2)cc1. The Morgan fingerprint density at radius 1 is 1.10 bits per heavy atom. The topological polar surface area (TPSA) is 50.8 Å². The van der Waals surface area contributed by atoms with Crippen LogP contribution in [0.2, 0.25) is 0 Å². The van der Waals surface area contributed by atoms with Crippen LogP contribution < -0.4 is 10.1 Å². The minimum absolute atomic E-state index is 0.132. The van der Waals surface area contributed by atoms with E-state index in [0.717, 1.165) is 35.1 Å². The van der Waals surface area contributed by atoms with Crippen molar-refractivity contribution >= 4 is 22.6 Å². The summed E-state index contributed by atoms with van der Waals surface area (Å²) in [5.41, 5.74) is 2.22. The number of ether oxygens (including phenoxy) is 2. The summed E-state index contributed by atoms with van der Waals surface area (Å²) in [5, 5.41) is 3.17. The molecule has 2 aliphatic heterocycles. The standard InChI is InChI=1S/C25H30N2O3S/c1-29-21-12-10-19(11-13-21)22(27-14-6-3-7-15-27)18-26-25(28)23-24(31-17-16-30-23)20-8-4-2-5-9-20/h2,4-5,8-13,22H,3,6-7,14-18H2,1H3,(H,26,28)/t22-/m1/s1. The first-order valence-corrected chi connectivity index (χ1v) is 12.0. The number of methoxy groups -OCH3 is 1. The fourth-order valence-electron chi connectivity index (χ4n) is 4.17. The number of nitrogens with one attached hydrogen (secondary N) is 1. The molecule has 1 N–H and O–H groups in total.